The number of benzene rings is 2. The fourth-order valence-corrected chi connectivity index (χ4v) is 3.90. The molecule has 2 aromatic rings. The number of carboxylic acids is 1. The van der Waals surface area contributed by atoms with Gasteiger partial charge in [0.25, 0.3) is 0 Å². The molecule has 0 aliphatic heterocycles. The molecule has 0 aromatic heterocycles. The van der Waals surface area contributed by atoms with Crippen LogP contribution in [0.4, 0.5) is 0 Å². The number of aromatic carboxylic acids is 1. The first-order chi connectivity index (χ1) is 13.0. The highest BCUT2D eigenvalue weighted by Gasteiger charge is 2.37. The lowest BCUT2D eigenvalue weighted by molar-refractivity contribution is 0.0693. The third kappa shape index (κ3) is 3.85. The Morgan fingerprint density at radius 2 is 1.71 bits per heavy atom. The lowest BCUT2D eigenvalue weighted by Crippen LogP contribution is -2.34. The number of carbonyl (C=O) groups is 1. The average Bonchev–Trinajstić information content (AvgIpc) is 2.63. The fraction of sp³-hybridized carbons (Fsp3) is 0.435. The number of aromatic hydroxyl groups is 1. The van der Waals surface area contributed by atoms with Gasteiger partial charge in [0, 0.05) is 6.07 Å². The van der Waals surface area contributed by atoms with Gasteiger partial charge in [0.15, 0.2) is 0 Å². The van der Waals surface area contributed by atoms with Gasteiger partial charge in [-0.25, -0.2) is 4.79 Å². The Labute approximate surface area is 166 Å². The highest BCUT2D eigenvalue weighted by Crippen LogP contribution is 2.46. The van der Waals surface area contributed by atoms with E-state index >= 15 is 0 Å². The average molecular weight is 383 g/mol. The maximum Gasteiger partial charge on any atom is 0.339 e. The molecule has 0 spiro atoms. The normalized spacial score (nSPS) is 18.2. The second-order valence-corrected chi connectivity index (χ2v) is 8.97. The number of fused-ring (bicyclic) bond motifs is 1. The predicted molar refractivity (Wildman–Crippen MR) is 109 cm³/mol. The summed E-state index contributed by atoms with van der Waals surface area (Å²) in [5.41, 5.74) is 10.2. The zero-order valence-electron chi connectivity index (χ0n) is 17.0. The van der Waals surface area contributed by atoms with Crippen molar-refractivity contribution in [2.24, 2.45) is 5.73 Å². The van der Waals surface area contributed by atoms with E-state index in [1.165, 1.54) is 29.3 Å². The van der Waals surface area contributed by atoms with Crippen LogP contribution in [0.1, 0.15) is 73.6 Å². The Bertz CT molecular complexity index is 901. The number of nitrogens with two attached hydrogens (primary N) is 1. The fourth-order valence-electron chi connectivity index (χ4n) is 3.90. The molecule has 3 rings (SSSR count). The van der Waals surface area contributed by atoms with Crippen LogP contribution in [0.25, 0.3) is 0 Å². The summed E-state index contributed by atoms with van der Waals surface area (Å²) in [5, 5.41) is 18.8. The first-order valence-electron chi connectivity index (χ1n) is 9.61. The zero-order valence-corrected chi connectivity index (χ0v) is 17.0. The van der Waals surface area contributed by atoms with Gasteiger partial charge < -0.3 is 20.7 Å². The summed E-state index contributed by atoms with van der Waals surface area (Å²) < 4.78 is 5.70. The molecule has 0 saturated carbocycles. The summed E-state index contributed by atoms with van der Waals surface area (Å²) in [6.45, 7) is 9.36. The van der Waals surface area contributed by atoms with Gasteiger partial charge in [-0.2, -0.15) is 0 Å². The van der Waals surface area contributed by atoms with Crippen LogP contribution in [0, 0.1) is 0 Å². The number of phenols is 1. The Morgan fingerprint density at radius 3 is 2.32 bits per heavy atom. The molecule has 4 N–H and O–H groups in total. The molecule has 0 radical (unpaired) electrons. The van der Waals surface area contributed by atoms with Gasteiger partial charge in [-0.3, -0.25) is 0 Å². The predicted octanol–water partition coefficient (Wildman–Crippen LogP) is 4.52. The van der Waals surface area contributed by atoms with Crippen molar-refractivity contribution >= 4 is 5.97 Å². The minimum atomic E-state index is -1.18. The lowest BCUT2D eigenvalue weighted by Gasteiger charge is -2.42. The first-order valence-corrected chi connectivity index (χ1v) is 9.61. The van der Waals surface area contributed by atoms with E-state index in [9.17, 15) is 9.90 Å². The summed E-state index contributed by atoms with van der Waals surface area (Å²) in [6.07, 6.45) is 2.30. The van der Waals surface area contributed by atoms with Gasteiger partial charge >= 0.3 is 5.97 Å². The molecule has 1 atom stereocenters. The van der Waals surface area contributed by atoms with Crippen molar-refractivity contribution < 1.29 is 19.7 Å². The van der Waals surface area contributed by atoms with Crippen LogP contribution in [0.5, 0.6) is 11.5 Å². The summed E-state index contributed by atoms with van der Waals surface area (Å²) >= 11 is 0. The molecular weight excluding hydrogens is 354 g/mol. The van der Waals surface area contributed by atoms with Gasteiger partial charge in [-0.1, -0.05) is 45.9 Å². The van der Waals surface area contributed by atoms with Crippen molar-refractivity contribution in [3.8, 4) is 11.5 Å². The molecule has 1 aliphatic carbocycles. The van der Waals surface area contributed by atoms with E-state index in [2.05, 4.69) is 45.9 Å². The monoisotopic (exact) mass is 383 g/mol. The Kier molecular flexibility index (Phi) is 5.15. The number of rotatable bonds is 5. The van der Waals surface area contributed by atoms with Crippen LogP contribution in [-0.2, 0) is 10.8 Å². The standard InChI is InChI=1S/C23H29NO4/c1-22(2)9-10-23(3,4)18-11-14(5-8-17(18)22)19(24)13-28-15-6-7-16(21(26)27)20(25)12-15/h5-8,11-12,19,25H,9-10,13,24H2,1-4H3,(H,26,27). The van der Waals surface area contributed by atoms with Crippen LogP contribution in [0.15, 0.2) is 36.4 Å². The van der Waals surface area contributed by atoms with E-state index < -0.39 is 5.97 Å². The topological polar surface area (TPSA) is 92.8 Å². The van der Waals surface area contributed by atoms with Crippen molar-refractivity contribution in [1.82, 2.24) is 0 Å². The molecule has 2 aromatic carbocycles. The van der Waals surface area contributed by atoms with Crippen molar-refractivity contribution in [3.05, 3.63) is 58.7 Å². The quantitative estimate of drug-likeness (QED) is 0.706. The zero-order chi connectivity index (χ0) is 20.7. The van der Waals surface area contributed by atoms with Crippen molar-refractivity contribution in [1.29, 1.82) is 0 Å². The van der Waals surface area contributed by atoms with Gasteiger partial charge in [-0.15, -0.1) is 0 Å². The Morgan fingerprint density at radius 1 is 1.07 bits per heavy atom. The van der Waals surface area contributed by atoms with Crippen LogP contribution in [-0.4, -0.2) is 22.8 Å². The van der Waals surface area contributed by atoms with Crippen LogP contribution in [0.2, 0.25) is 0 Å². The summed E-state index contributed by atoms with van der Waals surface area (Å²) in [6, 6.07) is 10.3. The van der Waals surface area contributed by atoms with Crippen molar-refractivity contribution in [2.75, 3.05) is 6.61 Å². The van der Waals surface area contributed by atoms with Gasteiger partial charge in [0.1, 0.15) is 23.7 Å². The molecule has 1 aliphatic rings. The van der Waals surface area contributed by atoms with E-state index in [0.29, 0.717) is 5.75 Å². The highest BCUT2D eigenvalue weighted by molar-refractivity contribution is 5.90. The molecular formula is C23H29NO4. The summed E-state index contributed by atoms with van der Waals surface area (Å²) in [5.74, 6) is -1.12. The molecule has 0 saturated heterocycles. The molecule has 0 bridgehead atoms. The Balaban J connectivity index is 1.78. The van der Waals surface area contributed by atoms with E-state index in [4.69, 9.17) is 15.6 Å². The summed E-state index contributed by atoms with van der Waals surface area (Å²) in [4.78, 5) is 11.0. The molecule has 0 fully saturated rings. The Hall–Kier alpha value is -2.53. The molecule has 28 heavy (non-hydrogen) atoms. The first kappa shape index (κ1) is 20.2. The minimum Gasteiger partial charge on any atom is -0.507 e. The van der Waals surface area contributed by atoms with E-state index in [0.717, 1.165) is 18.4 Å². The molecule has 0 heterocycles. The van der Waals surface area contributed by atoms with Gasteiger partial charge in [0.05, 0.1) is 6.04 Å². The largest absolute Gasteiger partial charge is 0.507 e. The molecule has 5 heteroatoms. The number of hydrogen-bond donors (Lipinski definition) is 3. The van der Waals surface area contributed by atoms with Gasteiger partial charge in [0.2, 0.25) is 0 Å². The highest BCUT2D eigenvalue weighted by atomic mass is 16.5. The number of ether oxygens (including phenoxy) is 1. The lowest BCUT2D eigenvalue weighted by atomic mass is 9.63. The van der Waals surface area contributed by atoms with Crippen LogP contribution < -0.4 is 10.5 Å². The van der Waals surface area contributed by atoms with E-state index in [-0.39, 0.29) is 34.8 Å². The molecule has 1 unspecified atom stereocenters. The minimum absolute atomic E-state index is 0.111. The third-order valence-corrected chi connectivity index (χ3v) is 5.93. The number of hydrogen-bond acceptors (Lipinski definition) is 4. The second kappa shape index (κ2) is 7.13. The van der Waals surface area contributed by atoms with E-state index in [1.807, 2.05) is 0 Å². The molecule has 5 nitrogen and oxygen atoms in total. The van der Waals surface area contributed by atoms with Gasteiger partial charge in [-0.05, 0) is 52.5 Å². The maximum absolute atomic E-state index is 11.0. The smallest absolute Gasteiger partial charge is 0.339 e. The second-order valence-electron chi connectivity index (χ2n) is 8.97. The number of carboxylic acid groups (broad SMARTS) is 1. The molecule has 0 amide bonds. The van der Waals surface area contributed by atoms with Crippen molar-refractivity contribution in [3.63, 3.8) is 0 Å². The van der Waals surface area contributed by atoms with E-state index in [1.54, 1.807) is 0 Å². The van der Waals surface area contributed by atoms with Crippen LogP contribution in [0.3, 0.4) is 0 Å². The van der Waals surface area contributed by atoms with Crippen molar-refractivity contribution in [2.45, 2.75) is 57.4 Å². The molecule has 150 valence electrons. The SMILES string of the molecule is CC1(C)CCC(C)(C)c2cc(C(N)COc3ccc(C(=O)O)c(O)c3)ccc21. The maximum atomic E-state index is 11.0. The summed E-state index contributed by atoms with van der Waals surface area (Å²) in [7, 11) is 0. The van der Waals surface area contributed by atoms with Crippen LogP contribution >= 0.6 is 0 Å². The third-order valence-electron chi connectivity index (χ3n) is 5.93.